The van der Waals surface area contributed by atoms with Crippen LogP contribution in [0.4, 0.5) is 21.5 Å². The van der Waals surface area contributed by atoms with E-state index in [2.05, 4.69) is 10.6 Å². The van der Waals surface area contributed by atoms with Crippen LogP contribution in [-0.2, 0) is 9.59 Å². The third-order valence-electron chi connectivity index (χ3n) is 4.30. The number of fused-ring (bicyclic) bond motifs is 1. The van der Waals surface area contributed by atoms with Crippen LogP contribution in [0.2, 0.25) is 0 Å². The van der Waals surface area contributed by atoms with Gasteiger partial charge < -0.3 is 20.3 Å². The zero-order chi connectivity index (χ0) is 17.4. The first-order valence-electron chi connectivity index (χ1n) is 8.01. The summed E-state index contributed by atoms with van der Waals surface area (Å²) in [5.74, 6) is -0.216. The number of carbonyl (C=O) groups is 2. The number of nitrogens with zero attached hydrogens (tertiary/aromatic N) is 1. The molecule has 2 aromatic rings. The molecule has 1 saturated heterocycles. The van der Waals surface area contributed by atoms with Crippen molar-refractivity contribution in [2.24, 2.45) is 0 Å². The van der Waals surface area contributed by atoms with Gasteiger partial charge in [-0.2, -0.15) is 0 Å². The van der Waals surface area contributed by atoms with Crippen LogP contribution in [-0.4, -0.2) is 31.0 Å². The maximum absolute atomic E-state index is 13.9. The maximum atomic E-state index is 13.9. The standard InChI is InChI=1S/C18H16FN3O3/c19-12-3-1-2-4-15(12)22-8-7-14(18(22)24)20-11-5-6-13-16(9-11)25-10-17(23)21-13/h1-6,9,14,20H,7-8,10H2,(H,21,23). The molecule has 2 heterocycles. The molecule has 2 aromatic carbocycles. The van der Waals surface area contributed by atoms with Gasteiger partial charge in [0.25, 0.3) is 5.91 Å². The highest BCUT2D eigenvalue weighted by Gasteiger charge is 2.33. The second-order valence-corrected chi connectivity index (χ2v) is 5.97. The van der Waals surface area contributed by atoms with Gasteiger partial charge in [0, 0.05) is 18.3 Å². The summed E-state index contributed by atoms with van der Waals surface area (Å²) in [5, 5.41) is 5.88. The van der Waals surface area contributed by atoms with E-state index in [1.54, 1.807) is 36.4 Å². The summed E-state index contributed by atoms with van der Waals surface area (Å²) in [4.78, 5) is 25.4. The molecule has 0 saturated carbocycles. The molecule has 1 fully saturated rings. The number of rotatable bonds is 3. The van der Waals surface area contributed by atoms with Gasteiger partial charge in [0.05, 0.1) is 11.4 Å². The van der Waals surface area contributed by atoms with Gasteiger partial charge in [-0.15, -0.1) is 0 Å². The monoisotopic (exact) mass is 341 g/mol. The molecule has 7 heteroatoms. The minimum absolute atomic E-state index is 0.0279. The lowest BCUT2D eigenvalue weighted by molar-refractivity contribution is -0.119. The van der Waals surface area contributed by atoms with Gasteiger partial charge in [0.15, 0.2) is 6.61 Å². The van der Waals surface area contributed by atoms with E-state index in [1.807, 2.05) is 0 Å². The number of para-hydroxylation sites is 1. The van der Waals surface area contributed by atoms with Crippen molar-refractivity contribution in [3.8, 4) is 5.75 Å². The molecular weight excluding hydrogens is 325 g/mol. The summed E-state index contributed by atoms with van der Waals surface area (Å²) < 4.78 is 19.3. The van der Waals surface area contributed by atoms with E-state index in [9.17, 15) is 14.0 Å². The average Bonchev–Trinajstić information content (AvgIpc) is 2.96. The fourth-order valence-electron chi connectivity index (χ4n) is 3.09. The Kier molecular flexibility index (Phi) is 3.76. The molecule has 25 heavy (non-hydrogen) atoms. The van der Waals surface area contributed by atoms with E-state index in [0.717, 1.165) is 0 Å². The number of amides is 2. The van der Waals surface area contributed by atoms with Crippen LogP contribution < -0.4 is 20.3 Å². The molecule has 0 spiro atoms. The summed E-state index contributed by atoms with van der Waals surface area (Å²) in [5.41, 5.74) is 1.62. The molecule has 1 unspecified atom stereocenters. The minimum Gasteiger partial charge on any atom is -0.482 e. The summed E-state index contributed by atoms with van der Waals surface area (Å²) >= 11 is 0. The summed E-state index contributed by atoms with van der Waals surface area (Å²) in [6, 6.07) is 11.1. The number of halogens is 1. The fourth-order valence-corrected chi connectivity index (χ4v) is 3.09. The van der Waals surface area contributed by atoms with Crippen molar-refractivity contribution < 1.29 is 18.7 Å². The molecule has 0 radical (unpaired) electrons. The molecule has 2 N–H and O–H groups in total. The Hall–Kier alpha value is -3.09. The lowest BCUT2D eigenvalue weighted by atomic mass is 10.2. The number of hydrogen-bond donors (Lipinski definition) is 2. The highest BCUT2D eigenvalue weighted by Crippen LogP contribution is 2.32. The summed E-state index contributed by atoms with van der Waals surface area (Å²) in [6.45, 7) is 0.425. The smallest absolute Gasteiger partial charge is 0.262 e. The number of ether oxygens (including phenoxy) is 1. The van der Waals surface area contributed by atoms with Crippen LogP contribution in [0.3, 0.4) is 0 Å². The first-order valence-corrected chi connectivity index (χ1v) is 8.01. The highest BCUT2D eigenvalue weighted by molar-refractivity contribution is 6.01. The highest BCUT2D eigenvalue weighted by atomic mass is 19.1. The molecular formula is C18H16FN3O3. The predicted molar refractivity (Wildman–Crippen MR) is 91.3 cm³/mol. The average molecular weight is 341 g/mol. The number of anilines is 3. The molecule has 0 aromatic heterocycles. The molecule has 2 aliphatic heterocycles. The van der Waals surface area contributed by atoms with E-state index < -0.39 is 11.9 Å². The Morgan fingerprint density at radius 1 is 1.20 bits per heavy atom. The van der Waals surface area contributed by atoms with Crippen LogP contribution in [0.5, 0.6) is 5.75 Å². The van der Waals surface area contributed by atoms with Gasteiger partial charge in [-0.25, -0.2) is 4.39 Å². The number of carbonyl (C=O) groups excluding carboxylic acids is 2. The van der Waals surface area contributed by atoms with E-state index in [1.165, 1.54) is 11.0 Å². The van der Waals surface area contributed by atoms with Gasteiger partial charge in [0.1, 0.15) is 17.6 Å². The fraction of sp³-hybridized carbons (Fsp3) is 0.222. The van der Waals surface area contributed by atoms with Gasteiger partial charge >= 0.3 is 0 Å². The third-order valence-corrected chi connectivity index (χ3v) is 4.30. The second kappa shape index (κ2) is 6.08. The Bertz CT molecular complexity index is 855. The van der Waals surface area contributed by atoms with Crippen molar-refractivity contribution >= 4 is 28.9 Å². The number of benzene rings is 2. The second-order valence-electron chi connectivity index (χ2n) is 5.97. The van der Waals surface area contributed by atoms with Crippen molar-refractivity contribution in [2.75, 3.05) is 28.7 Å². The summed E-state index contributed by atoms with van der Waals surface area (Å²) in [7, 11) is 0. The Balaban J connectivity index is 1.50. The van der Waals surface area contributed by atoms with Gasteiger partial charge in [-0.3, -0.25) is 9.59 Å². The topological polar surface area (TPSA) is 70.7 Å². The Morgan fingerprint density at radius 3 is 2.88 bits per heavy atom. The maximum Gasteiger partial charge on any atom is 0.262 e. The van der Waals surface area contributed by atoms with E-state index in [-0.39, 0.29) is 18.4 Å². The van der Waals surface area contributed by atoms with Gasteiger partial charge in [-0.1, -0.05) is 12.1 Å². The first kappa shape index (κ1) is 15.4. The molecule has 6 nitrogen and oxygen atoms in total. The number of hydrogen-bond acceptors (Lipinski definition) is 4. The van der Waals surface area contributed by atoms with Crippen molar-refractivity contribution in [1.29, 1.82) is 0 Å². The molecule has 0 bridgehead atoms. The van der Waals surface area contributed by atoms with Gasteiger partial charge in [-0.05, 0) is 30.7 Å². The van der Waals surface area contributed by atoms with Crippen molar-refractivity contribution in [1.82, 2.24) is 0 Å². The van der Waals surface area contributed by atoms with E-state index in [4.69, 9.17) is 4.74 Å². The van der Waals surface area contributed by atoms with Crippen molar-refractivity contribution in [3.63, 3.8) is 0 Å². The van der Waals surface area contributed by atoms with Crippen molar-refractivity contribution in [2.45, 2.75) is 12.5 Å². The lowest BCUT2D eigenvalue weighted by Crippen LogP contribution is -2.34. The predicted octanol–water partition coefficient (Wildman–Crippen LogP) is 2.37. The molecule has 1 atom stereocenters. The van der Waals surface area contributed by atoms with E-state index >= 15 is 0 Å². The van der Waals surface area contributed by atoms with Crippen molar-refractivity contribution in [3.05, 3.63) is 48.3 Å². The van der Waals surface area contributed by atoms with Gasteiger partial charge in [0.2, 0.25) is 5.91 Å². The van der Waals surface area contributed by atoms with Crippen LogP contribution in [0.1, 0.15) is 6.42 Å². The number of nitrogens with one attached hydrogen (secondary N) is 2. The SMILES string of the molecule is O=C1COc2cc(NC3CCN(c4ccccc4F)C3=O)ccc2N1. The zero-order valence-electron chi connectivity index (χ0n) is 13.3. The van der Waals surface area contributed by atoms with Crippen LogP contribution in [0.15, 0.2) is 42.5 Å². The molecule has 0 aliphatic carbocycles. The Labute approximate surface area is 143 Å². The minimum atomic E-state index is -0.434. The van der Waals surface area contributed by atoms with Crippen LogP contribution in [0.25, 0.3) is 0 Å². The van der Waals surface area contributed by atoms with E-state index in [0.29, 0.717) is 35.8 Å². The largest absolute Gasteiger partial charge is 0.482 e. The van der Waals surface area contributed by atoms with Crippen LogP contribution >= 0.6 is 0 Å². The summed E-state index contributed by atoms with van der Waals surface area (Å²) in [6.07, 6.45) is 0.571. The van der Waals surface area contributed by atoms with Crippen LogP contribution in [0, 0.1) is 5.82 Å². The quantitative estimate of drug-likeness (QED) is 0.899. The molecule has 128 valence electrons. The molecule has 4 rings (SSSR count). The zero-order valence-corrected chi connectivity index (χ0v) is 13.3. The Morgan fingerprint density at radius 2 is 2.04 bits per heavy atom. The normalized spacial score (nSPS) is 19.2. The molecule has 2 aliphatic rings. The molecule has 2 amide bonds. The lowest BCUT2D eigenvalue weighted by Gasteiger charge is -2.21. The first-order chi connectivity index (χ1) is 12.1. The third kappa shape index (κ3) is 2.88.